The summed E-state index contributed by atoms with van der Waals surface area (Å²) in [7, 11) is 0. The number of rotatable bonds is 1. The number of halogens is 1. The molecule has 1 heterocycles. The summed E-state index contributed by atoms with van der Waals surface area (Å²) in [6, 6.07) is 6.22. The molecule has 1 unspecified atom stereocenters. The largest absolute Gasteiger partial charge is 0.493 e. The zero-order valence-electron chi connectivity index (χ0n) is 8.50. The maximum absolute atomic E-state index is 6.32. The van der Waals surface area contributed by atoms with Gasteiger partial charge in [-0.25, -0.2) is 0 Å². The van der Waals surface area contributed by atoms with Crippen LogP contribution in [0, 0.1) is 0 Å². The minimum absolute atomic E-state index is 0.0549. The predicted octanol–water partition coefficient (Wildman–Crippen LogP) is 2.81. The third-order valence-electron chi connectivity index (χ3n) is 3.53. The first-order valence-electron chi connectivity index (χ1n) is 5.40. The highest BCUT2D eigenvalue weighted by Gasteiger charge is 2.47. The first-order chi connectivity index (χ1) is 7.19. The van der Waals surface area contributed by atoms with Crippen molar-refractivity contribution < 1.29 is 4.74 Å². The van der Waals surface area contributed by atoms with Crippen LogP contribution in [-0.2, 0) is 0 Å². The van der Waals surface area contributed by atoms with Gasteiger partial charge in [0.25, 0.3) is 0 Å². The van der Waals surface area contributed by atoms with Gasteiger partial charge >= 0.3 is 0 Å². The monoisotopic (exact) mass is 267 g/mol. The topological polar surface area (TPSA) is 35.2 Å². The summed E-state index contributed by atoms with van der Waals surface area (Å²) in [6.07, 6.45) is 3.37. The van der Waals surface area contributed by atoms with E-state index in [0.717, 1.165) is 36.1 Å². The first kappa shape index (κ1) is 9.67. The van der Waals surface area contributed by atoms with Gasteiger partial charge in [0.15, 0.2) is 0 Å². The standard InChI is InChI=1S/C12H14BrNO/c13-8-1-2-11-9(7-8)10(3-6-15-11)12(14)4-5-12/h1-2,7,10H,3-6,14H2. The first-order valence-corrected chi connectivity index (χ1v) is 6.19. The Morgan fingerprint density at radius 2 is 2.20 bits per heavy atom. The lowest BCUT2D eigenvalue weighted by atomic mass is 9.85. The Bertz CT molecular complexity index is 401. The van der Waals surface area contributed by atoms with Gasteiger partial charge in [0.1, 0.15) is 5.75 Å². The molecule has 15 heavy (non-hydrogen) atoms. The van der Waals surface area contributed by atoms with Crippen molar-refractivity contribution in [2.45, 2.75) is 30.7 Å². The normalized spacial score (nSPS) is 26.7. The van der Waals surface area contributed by atoms with Crippen molar-refractivity contribution in [3.63, 3.8) is 0 Å². The zero-order valence-corrected chi connectivity index (χ0v) is 10.1. The van der Waals surface area contributed by atoms with Gasteiger partial charge in [-0.1, -0.05) is 15.9 Å². The molecule has 1 aromatic carbocycles. The fraction of sp³-hybridized carbons (Fsp3) is 0.500. The highest BCUT2D eigenvalue weighted by molar-refractivity contribution is 9.10. The zero-order chi connectivity index (χ0) is 10.5. The van der Waals surface area contributed by atoms with Crippen LogP contribution in [0.15, 0.2) is 22.7 Å². The van der Waals surface area contributed by atoms with Gasteiger partial charge in [-0.3, -0.25) is 0 Å². The molecule has 2 aliphatic rings. The number of benzene rings is 1. The van der Waals surface area contributed by atoms with Gasteiger partial charge in [0.05, 0.1) is 6.61 Å². The van der Waals surface area contributed by atoms with Crippen molar-refractivity contribution in [2.75, 3.05) is 6.61 Å². The molecule has 0 aromatic heterocycles. The van der Waals surface area contributed by atoms with E-state index in [1.165, 1.54) is 5.56 Å². The quantitative estimate of drug-likeness (QED) is 0.850. The number of ether oxygens (including phenoxy) is 1. The smallest absolute Gasteiger partial charge is 0.122 e. The van der Waals surface area contributed by atoms with E-state index in [0.29, 0.717) is 5.92 Å². The van der Waals surface area contributed by atoms with Gasteiger partial charge in [0.2, 0.25) is 0 Å². The van der Waals surface area contributed by atoms with Crippen LogP contribution < -0.4 is 10.5 Å². The van der Waals surface area contributed by atoms with Crippen LogP contribution in [-0.4, -0.2) is 12.1 Å². The molecule has 0 saturated heterocycles. The fourth-order valence-corrected chi connectivity index (χ4v) is 2.83. The summed E-state index contributed by atoms with van der Waals surface area (Å²) in [5.74, 6) is 1.50. The molecule has 1 aliphatic carbocycles. The predicted molar refractivity (Wildman–Crippen MR) is 63.1 cm³/mol. The van der Waals surface area contributed by atoms with Crippen molar-refractivity contribution in [3.8, 4) is 5.75 Å². The Kier molecular flexibility index (Phi) is 2.08. The molecular formula is C12H14BrNO. The number of hydrogen-bond acceptors (Lipinski definition) is 2. The molecule has 3 heteroatoms. The minimum atomic E-state index is 0.0549. The Balaban J connectivity index is 2.05. The molecule has 80 valence electrons. The van der Waals surface area contributed by atoms with Crippen LogP contribution in [0.2, 0.25) is 0 Å². The molecule has 1 atom stereocenters. The van der Waals surface area contributed by atoms with Crippen LogP contribution in [0.5, 0.6) is 5.75 Å². The maximum Gasteiger partial charge on any atom is 0.122 e. The molecule has 0 spiro atoms. The van der Waals surface area contributed by atoms with Crippen LogP contribution in [0.25, 0.3) is 0 Å². The number of fused-ring (bicyclic) bond motifs is 1. The lowest BCUT2D eigenvalue weighted by Gasteiger charge is -2.30. The summed E-state index contributed by atoms with van der Waals surface area (Å²) in [4.78, 5) is 0. The minimum Gasteiger partial charge on any atom is -0.493 e. The molecule has 0 radical (unpaired) electrons. The Hall–Kier alpha value is -0.540. The third kappa shape index (κ3) is 1.58. The molecule has 0 bridgehead atoms. The van der Waals surface area contributed by atoms with Gasteiger partial charge in [-0.2, -0.15) is 0 Å². The second kappa shape index (κ2) is 3.22. The Morgan fingerprint density at radius 1 is 1.40 bits per heavy atom. The van der Waals surface area contributed by atoms with E-state index >= 15 is 0 Å². The highest BCUT2D eigenvalue weighted by Crippen LogP contribution is 2.50. The Morgan fingerprint density at radius 3 is 2.93 bits per heavy atom. The summed E-state index contributed by atoms with van der Waals surface area (Å²) in [6.45, 7) is 0.804. The lowest BCUT2D eigenvalue weighted by molar-refractivity contribution is 0.251. The van der Waals surface area contributed by atoms with E-state index in [9.17, 15) is 0 Å². The molecule has 1 aromatic rings. The summed E-state index contributed by atoms with van der Waals surface area (Å²) < 4.78 is 6.77. The summed E-state index contributed by atoms with van der Waals surface area (Å²) >= 11 is 3.51. The maximum atomic E-state index is 6.32. The Labute approximate surface area is 97.9 Å². The van der Waals surface area contributed by atoms with Crippen molar-refractivity contribution >= 4 is 15.9 Å². The van der Waals surface area contributed by atoms with E-state index in [1.54, 1.807) is 0 Å². The van der Waals surface area contributed by atoms with E-state index in [2.05, 4.69) is 22.0 Å². The molecule has 2 nitrogen and oxygen atoms in total. The average Bonchev–Trinajstić information content (AvgIpc) is 2.96. The lowest BCUT2D eigenvalue weighted by Crippen LogP contribution is -2.34. The second-order valence-electron chi connectivity index (χ2n) is 4.61. The van der Waals surface area contributed by atoms with Crippen LogP contribution in [0.4, 0.5) is 0 Å². The molecular weight excluding hydrogens is 254 g/mol. The van der Waals surface area contributed by atoms with E-state index < -0.39 is 0 Å². The molecule has 2 N–H and O–H groups in total. The van der Waals surface area contributed by atoms with Crippen LogP contribution in [0.1, 0.15) is 30.7 Å². The SMILES string of the molecule is NC1(C2CCOc3ccc(Br)cc32)CC1. The van der Waals surface area contributed by atoms with Crippen molar-refractivity contribution in [2.24, 2.45) is 5.73 Å². The van der Waals surface area contributed by atoms with Gasteiger partial charge in [0, 0.05) is 21.5 Å². The van der Waals surface area contributed by atoms with Crippen molar-refractivity contribution in [1.29, 1.82) is 0 Å². The average molecular weight is 268 g/mol. The van der Waals surface area contributed by atoms with Crippen molar-refractivity contribution in [1.82, 2.24) is 0 Å². The number of nitrogens with two attached hydrogens (primary N) is 1. The van der Waals surface area contributed by atoms with E-state index in [-0.39, 0.29) is 5.54 Å². The van der Waals surface area contributed by atoms with E-state index in [4.69, 9.17) is 10.5 Å². The molecule has 1 fully saturated rings. The fourth-order valence-electron chi connectivity index (χ4n) is 2.46. The molecule has 1 aliphatic heterocycles. The molecule has 0 amide bonds. The summed E-state index contributed by atoms with van der Waals surface area (Å²) in [5.41, 5.74) is 7.66. The number of hydrogen-bond donors (Lipinski definition) is 1. The van der Waals surface area contributed by atoms with Gasteiger partial charge < -0.3 is 10.5 Å². The van der Waals surface area contributed by atoms with Crippen molar-refractivity contribution in [3.05, 3.63) is 28.2 Å². The second-order valence-corrected chi connectivity index (χ2v) is 5.52. The van der Waals surface area contributed by atoms with Crippen LogP contribution in [0.3, 0.4) is 0 Å². The highest BCUT2D eigenvalue weighted by atomic mass is 79.9. The van der Waals surface area contributed by atoms with E-state index in [1.807, 2.05) is 12.1 Å². The van der Waals surface area contributed by atoms with Gasteiger partial charge in [-0.05, 0) is 37.5 Å². The van der Waals surface area contributed by atoms with Gasteiger partial charge in [-0.15, -0.1) is 0 Å². The summed E-state index contributed by atoms with van der Waals surface area (Å²) in [5, 5.41) is 0. The molecule has 3 rings (SSSR count). The molecule has 1 saturated carbocycles. The third-order valence-corrected chi connectivity index (χ3v) is 4.03. The van der Waals surface area contributed by atoms with Crippen LogP contribution >= 0.6 is 15.9 Å².